The molecule has 0 fully saturated rings. The van der Waals surface area contributed by atoms with Gasteiger partial charge in [0.1, 0.15) is 16.9 Å². The summed E-state index contributed by atoms with van der Waals surface area (Å²) in [4.78, 5) is 13.8. The fourth-order valence-corrected chi connectivity index (χ4v) is 4.74. The Bertz CT molecular complexity index is 1150. The van der Waals surface area contributed by atoms with Gasteiger partial charge in [0.25, 0.3) is 0 Å². The number of nitrogens with one attached hydrogen (secondary N) is 1. The largest absolute Gasteiger partial charge is 0.611 e. The van der Waals surface area contributed by atoms with E-state index in [2.05, 4.69) is 20.3 Å². The molecule has 2 aromatic heterocycles. The van der Waals surface area contributed by atoms with Crippen molar-refractivity contribution in [2.75, 3.05) is 12.4 Å². The first kappa shape index (κ1) is 18.9. The number of rotatable bonds is 4. The molecule has 0 aliphatic carbocycles. The van der Waals surface area contributed by atoms with E-state index in [4.69, 9.17) is 4.74 Å². The zero-order valence-corrected chi connectivity index (χ0v) is 17.6. The van der Waals surface area contributed by atoms with Gasteiger partial charge in [0, 0.05) is 23.2 Å². The Balaban J connectivity index is 1.82. The van der Waals surface area contributed by atoms with Crippen molar-refractivity contribution in [3.63, 3.8) is 0 Å². The van der Waals surface area contributed by atoms with Crippen LogP contribution in [0.15, 0.2) is 47.1 Å². The molecular weight excluding hydrogens is 392 g/mol. The number of hydrogen-bond donors (Lipinski definition) is 1. The molecule has 2 heterocycles. The standard InChI is InChI=1S/C20H20N4O2S2/c1-20(2,3)28(25)18-8-13-14(9-16(18)26-4)21-10-22-19(13)24-12-5-6-17-15(7-12)23-11-27-17/h5-11H,1-4H3,(H,21,22,24)/t28-/m0/s1. The lowest BCUT2D eigenvalue weighted by molar-refractivity contribution is 0.402. The molecule has 0 saturated carbocycles. The van der Waals surface area contributed by atoms with Gasteiger partial charge in [-0.05, 0) is 50.1 Å². The van der Waals surface area contributed by atoms with E-state index in [0.717, 1.165) is 26.8 Å². The van der Waals surface area contributed by atoms with Crippen molar-refractivity contribution >= 4 is 55.1 Å². The van der Waals surface area contributed by atoms with Crippen LogP contribution >= 0.6 is 11.3 Å². The molecule has 0 aliphatic rings. The molecule has 1 N–H and O–H groups in total. The summed E-state index contributed by atoms with van der Waals surface area (Å²) in [5.41, 5.74) is 4.37. The monoisotopic (exact) mass is 412 g/mol. The average molecular weight is 413 g/mol. The summed E-state index contributed by atoms with van der Waals surface area (Å²) in [5, 5.41) is 4.13. The number of anilines is 2. The third kappa shape index (κ3) is 3.50. The van der Waals surface area contributed by atoms with Crippen LogP contribution in [-0.4, -0.2) is 31.4 Å². The summed E-state index contributed by atoms with van der Waals surface area (Å²) in [6.07, 6.45) is 1.51. The van der Waals surface area contributed by atoms with E-state index in [-0.39, 0.29) is 0 Å². The first-order chi connectivity index (χ1) is 13.4. The second-order valence-electron chi connectivity index (χ2n) is 7.28. The molecule has 0 amide bonds. The van der Waals surface area contributed by atoms with Crippen molar-refractivity contribution in [1.29, 1.82) is 0 Å². The van der Waals surface area contributed by atoms with Gasteiger partial charge in [0.15, 0.2) is 10.6 Å². The Morgan fingerprint density at radius 2 is 1.89 bits per heavy atom. The molecule has 8 heteroatoms. The molecule has 0 radical (unpaired) electrons. The molecule has 0 spiro atoms. The molecule has 0 aliphatic heterocycles. The SMILES string of the molecule is COc1cc2ncnc(Nc3ccc4scnc4c3)c2cc1[S@+]([O-])C(C)(C)C. The van der Waals surface area contributed by atoms with Crippen molar-refractivity contribution in [2.45, 2.75) is 30.4 Å². The van der Waals surface area contributed by atoms with Gasteiger partial charge >= 0.3 is 0 Å². The number of thiazole rings is 1. The molecule has 0 unspecified atom stereocenters. The van der Waals surface area contributed by atoms with Gasteiger partial charge in [0.2, 0.25) is 0 Å². The van der Waals surface area contributed by atoms with Crippen LogP contribution in [0.5, 0.6) is 5.75 Å². The molecule has 6 nitrogen and oxygen atoms in total. The molecule has 4 rings (SSSR count). The summed E-state index contributed by atoms with van der Waals surface area (Å²) in [7, 11) is 1.58. The lowest BCUT2D eigenvalue weighted by Crippen LogP contribution is -2.28. The lowest BCUT2D eigenvalue weighted by atomic mass is 10.2. The van der Waals surface area contributed by atoms with E-state index in [1.807, 2.05) is 56.6 Å². The summed E-state index contributed by atoms with van der Waals surface area (Å²) in [5.74, 6) is 1.21. The van der Waals surface area contributed by atoms with Crippen molar-refractivity contribution in [2.24, 2.45) is 0 Å². The number of aromatic nitrogens is 3. The van der Waals surface area contributed by atoms with E-state index >= 15 is 0 Å². The highest BCUT2D eigenvalue weighted by atomic mass is 32.2. The Labute approximate surface area is 170 Å². The molecule has 28 heavy (non-hydrogen) atoms. The average Bonchev–Trinajstić information content (AvgIpc) is 3.13. The molecule has 0 bridgehead atoms. The van der Waals surface area contributed by atoms with Crippen LogP contribution in [0.25, 0.3) is 21.1 Å². The maximum Gasteiger partial charge on any atom is 0.195 e. The predicted octanol–water partition coefficient (Wildman–Crippen LogP) is 4.90. The topological polar surface area (TPSA) is 83.0 Å². The van der Waals surface area contributed by atoms with Crippen molar-refractivity contribution < 1.29 is 9.29 Å². The van der Waals surface area contributed by atoms with Crippen molar-refractivity contribution in [3.8, 4) is 5.75 Å². The zero-order valence-electron chi connectivity index (χ0n) is 16.0. The highest BCUT2D eigenvalue weighted by Gasteiger charge is 2.31. The van der Waals surface area contributed by atoms with E-state index in [9.17, 15) is 4.55 Å². The maximum atomic E-state index is 13.0. The van der Waals surface area contributed by atoms with E-state index in [1.54, 1.807) is 18.4 Å². The Hall–Kier alpha value is -2.42. The van der Waals surface area contributed by atoms with E-state index in [1.165, 1.54) is 6.33 Å². The zero-order chi connectivity index (χ0) is 19.9. The van der Waals surface area contributed by atoms with Crippen LogP contribution in [0.3, 0.4) is 0 Å². The third-order valence-corrected chi connectivity index (χ3v) is 6.91. The Morgan fingerprint density at radius 1 is 1.07 bits per heavy atom. The molecule has 4 aromatic rings. The minimum atomic E-state index is -1.25. The summed E-state index contributed by atoms with van der Waals surface area (Å²) in [6, 6.07) is 9.68. The van der Waals surface area contributed by atoms with Gasteiger partial charge in [-0.3, -0.25) is 0 Å². The van der Waals surface area contributed by atoms with Crippen LogP contribution in [0.2, 0.25) is 0 Å². The molecular formula is C20H20N4O2S2. The maximum absolute atomic E-state index is 13.0. The molecule has 144 valence electrons. The van der Waals surface area contributed by atoms with Gasteiger partial charge in [-0.25, -0.2) is 15.0 Å². The molecule has 1 atom stereocenters. The van der Waals surface area contributed by atoms with Gasteiger partial charge in [-0.1, -0.05) is 0 Å². The van der Waals surface area contributed by atoms with Crippen LogP contribution < -0.4 is 10.1 Å². The molecule has 0 saturated heterocycles. The van der Waals surface area contributed by atoms with Crippen LogP contribution in [0.1, 0.15) is 20.8 Å². The van der Waals surface area contributed by atoms with Crippen LogP contribution in [0.4, 0.5) is 11.5 Å². The smallest absolute Gasteiger partial charge is 0.195 e. The fraction of sp³-hybridized carbons (Fsp3) is 0.250. The van der Waals surface area contributed by atoms with E-state index in [0.29, 0.717) is 16.5 Å². The van der Waals surface area contributed by atoms with E-state index < -0.39 is 15.9 Å². The molecule has 2 aromatic carbocycles. The Kier molecular flexibility index (Phi) is 4.86. The number of ether oxygens (including phenoxy) is 1. The normalized spacial score (nSPS) is 13.0. The first-order valence-corrected chi connectivity index (χ1v) is 10.7. The number of benzene rings is 2. The van der Waals surface area contributed by atoms with Crippen molar-refractivity contribution in [1.82, 2.24) is 15.0 Å². The summed E-state index contributed by atoms with van der Waals surface area (Å²) in [6.45, 7) is 5.82. The number of nitrogens with zero attached hydrogens (tertiary/aromatic N) is 3. The first-order valence-electron chi connectivity index (χ1n) is 8.72. The second-order valence-corrected chi connectivity index (χ2v) is 10.4. The number of hydrogen-bond acceptors (Lipinski definition) is 7. The number of methoxy groups -OCH3 is 1. The van der Waals surface area contributed by atoms with Gasteiger partial charge in [-0.15, -0.1) is 11.3 Å². The fourth-order valence-electron chi connectivity index (χ4n) is 2.87. The highest BCUT2D eigenvalue weighted by molar-refractivity contribution is 7.92. The number of fused-ring (bicyclic) bond motifs is 2. The summed E-state index contributed by atoms with van der Waals surface area (Å²) >= 11 is 0.351. The van der Waals surface area contributed by atoms with Crippen LogP contribution in [0, 0.1) is 0 Å². The Morgan fingerprint density at radius 3 is 2.64 bits per heavy atom. The van der Waals surface area contributed by atoms with Gasteiger partial charge in [-0.2, -0.15) is 0 Å². The van der Waals surface area contributed by atoms with Gasteiger partial charge < -0.3 is 14.6 Å². The van der Waals surface area contributed by atoms with Crippen molar-refractivity contribution in [3.05, 3.63) is 42.2 Å². The quantitative estimate of drug-likeness (QED) is 0.480. The lowest BCUT2D eigenvalue weighted by Gasteiger charge is -2.25. The van der Waals surface area contributed by atoms with Gasteiger partial charge in [0.05, 0.1) is 28.4 Å². The summed E-state index contributed by atoms with van der Waals surface area (Å²) < 4.78 is 19.2. The highest BCUT2D eigenvalue weighted by Crippen LogP contribution is 2.37. The second kappa shape index (κ2) is 7.20. The predicted molar refractivity (Wildman–Crippen MR) is 115 cm³/mol. The minimum Gasteiger partial charge on any atom is -0.611 e. The third-order valence-electron chi connectivity index (χ3n) is 4.27. The van der Waals surface area contributed by atoms with Crippen LogP contribution in [-0.2, 0) is 11.2 Å². The minimum absolute atomic E-state index is 0.417.